The molecule has 0 unspecified atom stereocenters. The fraction of sp³-hybridized carbons (Fsp3) is 0.312. The molecule has 0 radical (unpaired) electrons. The Balaban J connectivity index is 1.97. The van der Waals surface area contributed by atoms with Crippen molar-refractivity contribution in [3.63, 3.8) is 0 Å². The van der Waals surface area contributed by atoms with Crippen LogP contribution in [0.1, 0.15) is 18.2 Å². The molecule has 4 heteroatoms. The normalized spacial score (nSPS) is 10.3. The summed E-state index contributed by atoms with van der Waals surface area (Å²) in [6, 6.07) is 11.9. The summed E-state index contributed by atoms with van der Waals surface area (Å²) in [5, 5.41) is 3.26. The van der Waals surface area contributed by atoms with E-state index in [1.54, 1.807) is 13.3 Å². The average Bonchev–Trinajstić information content (AvgIpc) is 2.47. The topological polar surface area (TPSA) is 43.4 Å². The molecule has 0 fully saturated rings. The highest BCUT2D eigenvalue weighted by atomic mass is 16.5. The van der Waals surface area contributed by atoms with Crippen LogP contribution in [0.15, 0.2) is 42.6 Å². The van der Waals surface area contributed by atoms with Gasteiger partial charge in [0, 0.05) is 25.5 Å². The Kier molecular flexibility index (Phi) is 5.38. The van der Waals surface area contributed by atoms with Gasteiger partial charge in [0.1, 0.15) is 12.4 Å². The molecule has 0 saturated heterocycles. The standard InChI is InChI=1S/C16H20N2O2/c1-3-17-14-7-8-18-15(10-14)12-20-16-6-4-5-13(9-16)11-19-2/h4-10H,3,11-12H2,1-2H3,(H,17,18). The minimum absolute atomic E-state index is 0.454. The molecule has 2 rings (SSSR count). The molecule has 0 aliphatic carbocycles. The first-order chi connectivity index (χ1) is 9.81. The van der Waals surface area contributed by atoms with Crippen molar-refractivity contribution >= 4 is 5.69 Å². The first-order valence-electron chi connectivity index (χ1n) is 6.71. The van der Waals surface area contributed by atoms with Crippen molar-refractivity contribution < 1.29 is 9.47 Å². The number of hydrogen-bond donors (Lipinski definition) is 1. The van der Waals surface area contributed by atoms with Crippen LogP contribution in [-0.4, -0.2) is 18.6 Å². The fourth-order valence-corrected chi connectivity index (χ4v) is 1.92. The number of pyridine rings is 1. The van der Waals surface area contributed by atoms with Crippen molar-refractivity contribution in [1.29, 1.82) is 0 Å². The molecule has 1 aromatic heterocycles. The molecule has 0 saturated carbocycles. The van der Waals surface area contributed by atoms with Crippen LogP contribution in [0.4, 0.5) is 5.69 Å². The van der Waals surface area contributed by atoms with Gasteiger partial charge >= 0.3 is 0 Å². The number of nitrogens with one attached hydrogen (secondary N) is 1. The summed E-state index contributed by atoms with van der Waals surface area (Å²) < 4.78 is 10.9. The first-order valence-corrected chi connectivity index (χ1v) is 6.71. The Morgan fingerprint density at radius 1 is 1.15 bits per heavy atom. The summed E-state index contributed by atoms with van der Waals surface area (Å²) in [5.74, 6) is 0.829. The zero-order valence-corrected chi connectivity index (χ0v) is 11.9. The number of hydrogen-bond acceptors (Lipinski definition) is 4. The summed E-state index contributed by atoms with van der Waals surface area (Å²) in [7, 11) is 1.68. The summed E-state index contributed by atoms with van der Waals surface area (Å²) in [5.41, 5.74) is 3.06. The second kappa shape index (κ2) is 7.50. The maximum absolute atomic E-state index is 5.77. The lowest BCUT2D eigenvalue weighted by Crippen LogP contribution is -2.02. The summed E-state index contributed by atoms with van der Waals surface area (Å²) in [6.07, 6.45) is 1.79. The van der Waals surface area contributed by atoms with E-state index in [-0.39, 0.29) is 0 Å². The largest absolute Gasteiger partial charge is 0.487 e. The van der Waals surface area contributed by atoms with Crippen molar-refractivity contribution in [2.75, 3.05) is 19.0 Å². The Bertz CT molecular complexity index is 494. The molecule has 1 heterocycles. The van der Waals surface area contributed by atoms with E-state index in [0.717, 1.165) is 29.2 Å². The van der Waals surface area contributed by atoms with Crippen molar-refractivity contribution in [3.8, 4) is 5.75 Å². The Hall–Kier alpha value is -2.07. The molecular weight excluding hydrogens is 252 g/mol. The van der Waals surface area contributed by atoms with E-state index in [0.29, 0.717) is 13.2 Å². The maximum Gasteiger partial charge on any atom is 0.130 e. The third-order valence-corrected chi connectivity index (χ3v) is 2.79. The molecule has 1 aromatic carbocycles. The lowest BCUT2D eigenvalue weighted by molar-refractivity contribution is 0.184. The number of anilines is 1. The molecule has 0 amide bonds. The molecule has 0 aliphatic rings. The number of rotatable bonds is 7. The van der Waals surface area contributed by atoms with Crippen LogP contribution in [0.5, 0.6) is 5.75 Å². The van der Waals surface area contributed by atoms with Crippen LogP contribution in [0.2, 0.25) is 0 Å². The highest BCUT2D eigenvalue weighted by Gasteiger charge is 2.00. The fourth-order valence-electron chi connectivity index (χ4n) is 1.92. The van der Waals surface area contributed by atoms with Crippen LogP contribution in [0.3, 0.4) is 0 Å². The van der Waals surface area contributed by atoms with Gasteiger partial charge in [0.05, 0.1) is 12.3 Å². The second-order valence-corrected chi connectivity index (χ2v) is 4.44. The highest BCUT2D eigenvalue weighted by Crippen LogP contribution is 2.16. The van der Waals surface area contributed by atoms with Gasteiger partial charge in [-0.2, -0.15) is 0 Å². The third-order valence-electron chi connectivity index (χ3n) is 2.79. The zero-order chi connectivity index (χ0) is 14.2. The van der Waals surface area contributed by atoms with Crippen LogP contribution >= 0.6 is 0 Å². The van der Waals surface area contributed by atoms with Crippen LogP contribution in [0.25, 0.3) is 0 Å². The van der Waals surface area contributed by atoms with Gasteiger partial charge in [-0.25, -0.2) is 0 Å². The molecule has 0 atom stereocenters. The van der Waals surface area contributed by atoms with Crippen LogP contribution in [0, 0.1) is 0 Å². The molecule has 20 heavy (non-hydrogen) atoms. The lowest BCUT2D eigenvalue weighted by atomic mass is 10.2. The SMILES string of the molecule is CCNc1ccnc(COc2cccc(COC)c2)c1. The molecule has 106 valence electrons. The Labute approximate surface area is 119 Å². The smallest absolute Gasteiger partial charge is 0.130 e. The van der Waals surface area contributed by atoms with E-state index in [2.05, 4.69) is 17.2 Å². The maximum atomic E-state index is 5.77. The van der Waals surface area contributed by atoms with Gasteiger partial charge in [-0.3, -0.25) is 4.98 Å². The monoisotopic (exact) mass is 272 g/mol. The van der Waals surface area contributed by atoms with Crippen molar-refractivity contribution in [2.24, 2.45) is 0 Å². The number of nitrogens with zero attached hydrogens (tertiary/aromatic N) is 1. The van der Waals surface area contributed by atoms with E-state index < -0.39 is 0 Å². The number of benzene rings is 1. The Morgan fingerprint density at radius 2 is 2.05 bits per heavy atom. The van der Waals surface area contributed by atoms with Gasteiger partial charge in [0.15, 0.2) is 0 Å². The molecule has 2 aromatic rings. The quantitative estimate of drug-likeness (QED) is 0.840. The minimum Gasteiger partial charge on any atom is -0.487 e. The van der Waals surface area contributed by atoms with E-state index in [1.165, 1.54) is 0 Å². The zero-order valence-electron chi connectivity index (χ0n) is 11.9. The number of methoxy groups -OCH3 is 1. The molecular formula is C16H20N2O2. The van der Waals surface area contributed by atoms with Crippen LogP contribution in [-0.2, 0) is 18.0 Å². The van der Waals surface area contributed by atoms with Crippen molar-refractivity contribution in [3.05, 3.63) is 53.9 Å². The van der Waals surface area contributed by atoms with E-state index >= 15 is 0 Å². The summed E-state index contributed by atoms with van der Waals surface area (Å²) >= 11 is 0. The second-order valence-electron chi connectivity index (χ2n) is 4.44. The van der Waals surface area contributed by atoms with Gasteiger partial charge in [0.2, 0.25) is 0 Å². The van der Waals surface area contributed by atoms with Gasteiger partial charge in [-0.1, -0.05) is 12.1 Å². The third kappa shape index (κ3) is 4.24. The van der Waals surface area contributed by atoms with Crippen LogP contribution < -0.4 is 10.1 Å². The Morgan fingerprint density at radius 3 is 2.85 bits per heavy atom. The van der Waals surface area contributed by atoms with E-state index in [4.69, 9.17) is 9.47 Å². The van der Waals surface area contributed by atoms with Gasteiger partial charge in [0.25, 0.3) is 0 Å². The minimum atomic E-state index is 0.454. The highest BCUT2D eigenvalue weighted by molar-refractivity contribution is 5.43. The molecule has 4 nitrogen and oxygen atoms in total. The molecule has 1 N–H and O–H groups in total. The van der Waals surface area contributed by atoms with Gasteiger partial charge in [-0.05, 0) is 36.8 Å². The molecule has 0 bridgehead atoms. The summed E-state index contributed by atoms with van der Waals surface area (Å²) in [6.45, 7) is 4.00. The van der Waals surface area contributed by atoms with Crippen molar-refractivity contribution in [2.45, 2.75) is 20.1 Å². The average molecular weight is 272 g/mol. The number of ether oxygens (including phenoxy) is 2. The molecule has 0 aliphatic heterocycles. The van der Waals surface area contributed by atoms with Gasteiger partial charge < -0.3 is 14.8 Å². The lowest BCUT2D eigenvalue weighted by Gasteiger charge is -2.09. The predicted octanol–water partition coefficient (Wildman–Crippen LogP) is 3.24. The molecule has 0 spiro atoms. The van der Waals surface area contributed by atoms with E-state index in [9.17, 15) is 0 Å². The predicted molar refractivity (Wildman–Crippen MR) is 79.9 cm³/mol. The number of aromatic nitrogens is 1. The van der Waals surface area contributed by atoms with Gasteiger partial charge in [-0.15, -0.1) is 0 Å². The summed E-state index contributed by atoms with van der Waals surface area (Å²) in [4.78, 5) is 4.31. The van der Waals surface area contributed by atoms with Crippen molar-refractivity contribution in [1.82, 2.24) is 4.98 Å². The van der Waals surface area contributed by atoms with E-state index in [1.807, 2.05) is 36.4 Å². The first kappa shape index (κ1) is 14.3.